The van der Waals surface area contributed by atoms with E-state index in [4.69, 9.17) is 0 Å². The fourth-order valence-electron chi connectivity index (χ4n) is 2.25. The molecule has 1 aromatic rings. The molecule has 0 spiro atoms. The molecule has 2 rings (SSSR count). The molecular weight excluding hydrogens is 236 g/mol. The SMILES string of the molecule is CC1(C)CC[C@@](C)(c2cc(F)cc(F)c2)NC1=O. The number of piperidine rings is 1. The molecule has 0 unspecified atom stereocenters. The topological polar surface area (TPSA) is 29.1 Å². The molecule has 1 N–H and O–H groups in total. The lowest BCUT2D eigenvalue weighted by Gasteiger charge is -2.42. The Kier molecular flexibility index (Phi) is 2.92. The highest BCUT2D eigenvalue weighted by molar-refractivity contribution is 5.83. The predicted octanol–water partition coefficient (Wildman–Crippen LogP) is 3.12. The minimum absolute atomic E-state index is 0.0825. The monoisotopic (exact) mass is 253 g/mol. The first-order valence-electron chi connectivity index (χ1n) is 6.02. The summed E-state index contributed by atoms with van der Waals surface area (Å²) in [5, 5.41) is 2.88. The highest BCUT2D eigenvalue weighted by atomic mass is 19.1. The molecule has 1 aliphatic heterocycles. The molecule has 18 heavy (non-hydrogen) atoms. The first-order chi connectivity index (χ1) is 8.23. The molecule has 1 saturated heterocycles. The van der Waals surface area contributed by atoms with Crippen LogP contribution in [0.15, 0.2) is 18.2 Å². The maximum absolute atomic E-state index is 13.2. The van der Waals surface area contributed by atoms with Gasteiger partial charge in [-0.15, -0.1) is 0 Å². The number of rotatable bonds is 1. The van der Waals surface area contributed by atoms with Crippen molar-refractivity contribution in [1.29, 1.82) is 0 Å². The van der Waals surface area contributed by atoms with E-state index in [1.165, 1.54) is 12.1 Å². The number of carbonyl (C=O) groups is 1. The zero-order chi connectivity index (χ0) is 13.6. The largest absolute Gasteiger partial charge is 0.346 e. The minimum Gasteiger partial charge on any atom is -0.346 e. The Morgan fingerprint density at radius 1 is 1.06 bits per heavy atom. The molecule has 1 atom stereocenters. The fourth-order valence-corrected chi connectivity index (χ4v) is 2.25. The van der Waals surface area contributed by atoms with E-state index in [1.54, 1.807) is 6.92 Å². The van der Waals surface area contributed by atoms with Gasteiger partial charge >= 0.3 is 0 Å². The van der Waals surface area contributed by atoms with Gasteiger partial charge in [-0.25, -0.2) is 8.78 Å². The van der Waals surface area contributed by atoms with Crippen LogP contribution in [0.1, 0.15) is 39.2 Å². The number of benzene rings is 1. The maximum atomic E-state index is 13.2. The lowest BCUT2D eigenvalue weighted by molar-refractivity contribution is -0.135. The van der Waals surface area contributed by atoms with Crippen LogP contribution in [-0.2, 0) is 10.3 Å². The molecule has 1 amide bonds. The number of hydrogen-bond donors (Lipinski definition) is 1. The molecule has 0 aliphatic carbocycles. The Labute approximate surface area is 105 Å². The third kappa shape index (κ3) is 2.24. The van der Waals surface area contributed by atoms with Crippen molar-refractivity contribution in [2.45, 2.75) is 39.2 Å². The molecule has 1 heterocycles. The molecule has 1 aliphatic rings. The minimum atomic E-state index is -0.699. The summed E-state index contributed by atoms with van der Waals surface area (Å²) in [4.78, 5) is 12.0. The van der Waals surface area contributed by atoms with Crippen molar-refractivity contribution < 1.29 is 13.6 Å². The maximum Gasteiger partial charge on any atom is 0.226 e. The van der Waals surface area contributed by atoms with Crippen molar-refractivity contribution in [2.75, 3.05) is 0 Å². The van der Waals surface area contributed by atoms with Gasteiger partial charge in [0.15, 0.2) is 0 Å². The van der Waals surface area contributed by atoms with Crippen LogP contribution in [0.5, 0.6) is 0 Å². The van der Waals surface area contributed by atoms with E-state index < -0.39 is 22.6 Å². The standard InChI is InChI=1S/C14H17F2NO/c1-13(2)4-5-14(3,17-12(13)18)9-6-10(15)8-11(16)7-9/h6-8H,4-5H2,1-3H3,(H,17,18)/t14-/m0/s1. The average molecular weight is 253 g/mol. The highest BCUT2D eigenvalue weighted by Gasteiger charge is 2.41. The van der Waals surface area contributed by atoms with Gasteiger partial charge in [-0.2, -0.15) is 0 Å². The number of halogens is 2. The summed E-state index contributed by atoms with van der Waals surface area (Å²) in [5.74, 6) is -1.32. The van der Waals surface area contributed by atoms with E-state index >= 15 is 0 Å². The number of amides is 1. The molecule has 0 bridgehead atoms. The smallest absolute Gasteiger partial charge is 0.226 e. The van der Waals surface area contributed by atoms with Crippen LogP contribution in [0.3, 0.4) is 0 Å². The second-order valence-corrected chi connectivity index (χ2v) is 5.83. The molecule has 1 aromatic carbocycles. The Morgan fingerprint density at radius 2 is 1.61 bits per heavy atom. The van der Waals surface area contributed by atoms with E-state index in [-0.39, 0.29) is 5.91 Å². The Balaban J connectivity index is 2.35. The van der Waals surface area contributed by atoms with Crippen LogP contribution in [0.4, 0.5) is 8.78 Å². The lowest BCUT2D eigenvalue weighted by atomic mass is 9.74. The predicted molar refractivity (Wildman–Crippen MR) is 64.9 cm³/mol. The van der Waals surface area contributed by atoms with Crippen LogP contribution in [0, 0.1) is 17.0 Å². The summed E-state index contributed by atoms with van der Waals surface area (Å²) in [6, 6.07) is 3.39. The lowest BCUT2D eigenvalue weighted by Crippen LogP contribution is -2.53. The Hall–Kier alpha value is -1.45. The molecule has 0 saturated carbocycles. The van der Waals surface area contributed by atoms with Crippen molar-refractivity contribution in [1.82, 2.24) is 5.32 Å². The van der Waals surface area contributed by atoms with Crippen molar-refractivity contribution in [3.05, 3.63) is 35.4 Å². The first kappa shape index (κ1) is 13.0. The van der Waals surface area contributed by atoms with E-state index in [0.717, 1.165) is 6.07 Å². The molecule has 98 valence electrons. The zero-order valence-electron chi connectivity index (χ0n) is 10.8. The second kappa shape index (κ2) is 4.04. The van der Waals surface area contributed by atoms with Crippen molar-refractivity contribution in [3.8, 4) is 0 Å². The zero-order valence-corrected chi connectivity index (χ0v) is 10.8. The quantitative estimate of drug-likeness (QED) is 0.818. The Bertz CT molecular complexity index is 478. The van der Waals surface area contributed by atoms with Crippen molar-refractivity contribution in [2.24, 2.45) is 5.41 Å². The van der Waals surface area contributed by atoms with Crippen LogP contribution in [-0.4, -0.2) is 5.91 Å². The van der Waals surface area contributed by atoms with Crippen molar-refractivity contribution >= 4 is 5.91 Å². The van der Waals surface area contributed by atoms with Gasteiger partial charge < -0.3 is 5.32 Å². The molecule has 0 aromatic heterocycles. The third-order valence-electron chi connectivity index (χ3n) is 3.75. The van der Waals surface area contributed by atoms with Crippen LogP contribution in [0.25, 0.3) is 0 Å². The fraction of sp³-hybridized carbons (Fsp3) is 0.500. The number of nitrogens with one attached hydrogen (secondary N) is 1. The molecular formula is C14H17F2NO. The van der Waals surface area contributed by atoms with E-state index in [0.29, 0.717) is 18.4 Å². The summed E-state index contributed by atoms with van der Waals surface area (Å²) in [5.41, 5.74) is -0.648. The van der Waals surface area contributed by atoms with Crippen molar-refractivity contribution in [3.63, 3.8) is 0 Å². The van der Waals surface area contributed by atoms with Gasteiger partial charge in [-0.1, -0.05) is 13.8 Å². The number of hydrogen-bond acceptors (Lipinski definition) is 1. The van der Waals surface area contributed by atoms with E-state index in [9.17, 15) is 13.6 Å². The molecule has 2 nitrogen and oxygen atoms in total. The average Bonchev–Trinajstić information content (AvgIpc) is 2.23. The summed E-state index contributed by atoms with van der Waals surface area (Å²) in [6.07, 6.45) is 1.35. The molecule has 4 heteroatoms. The summed E-state index contributed by atoms with van der Waals surface area (Å²) >= 11 is 0. The molecule has 0 radical (unpaired) electrons. The van der Waals surface area contributed by atoms with E-state index in [1.807, 2.05) is 13.8 Å². The van der Waals surface area contributed by atoms with Crippen LogP contribution in [0.2, 0.25) is 0 Å². The third-order valence-corrected chi connectivity index (χ3v) is 3.75. The second-order valence-electron chi connectivity index (χ2n) is 5.83. The summed E-state index contributed by atoms with van der Waals surface area (Å²) in [7, 11) is 0. The van der Waals surface area contributed by atoms with Gasteiger partial charge in [0.1, 0.15) is 11.6 Å². The van der Waals surface area contributed by atoms with Gasteiger partial charge in [0, 0.05) is 11.5 Å². The van der Waals surface area contributed by atoms with Gasteiger partial charge in [-0.05, 0) is 37.5 Å². The summed E-state index contributed by atoms with van der Waals surface area (Å²) in [6.45, 7) is 5.54. The van der Waals surface area contributed by atoms with Gasteiger partial charge in [0.25, 0.3) is 0 Å². The molecule has 1 fully saturated rings. The van der Waals surface area contributed by atoms with E-state index in [2.05, 4.69) is 5.32 Å². The van der Waals surface area contributed by atoms with Crippen LogP contribution < -0.4 is 5.32 Å². The van der Waals surface area contributed by atoms with Gasteiger partial charge in [0.2, 0.25) is 5.91 Å². The van der Waals surface area contributed by atoms with Gasteiger partial charge in [0.05, 0.1) is 5.54 Å². The first-order valence-corrected chi connectivity index (χ1v) is 6.02. The van der Waals surface area contributed by atoms with Gasteiger partial charge in [-0.3, -0.25) is 4.79 Å². The summed E-state index contributed by atoms with van der Waals surface area (Å²) < 4.78 is 26.5. The normalized spacial score (nSPS) is 26.8. The highest BCUT2D eigenvalue weighted by Crippen LogP contribution is 2.38. The number of carbonyl (C=O) groups excluding carboxylic acids is 1. The van der Waals surface area contributed by atoms with Crippen LogP contribution >= 0.6 is 0 Å². The Morgan fingerprint density at radius 3 is 2.11 bits per heavy atom.